The minimum atomic E-state index is -0.404. The topological polar surface area (TPSA) is 81.9 Å². The number of amides is 1. The highest BCUT2D eigenvalue weighted by molar-refractivity contribution is 7.99. The Hall–Kier alpha value is -2.59. The molecule has 1 unspecified atom stereocenters. The first-order valence-corrected chi connectivity index (χ1v) is 13.9. The molecule has 0 spiro atoms. The van der Waals surface area contributed by atoms with Gasteiger partial charge in [-0.05, 0) is 63.1 Å². The van der Waals surface area contributed by atoms with Crippen LogP contribution in [-0.2, 0) is 11.3 Å². The van der Waals surface area contributed by atoms with Gasteiger partial charge in [-0.3, -0.25) is 4.79 Å². The van der Waals surface area contributed by atoms with Gasteiger partial charge >= 0.3 is 0 Å². The number of anilines is 1. The Morgan fingerprint density at radius 1 is 1.17 bits per heavy atom. The minimum absolute atomic E-state index is 0.162. The molecule has 0 bridgehead atoms. The summed E-state index contributed by atoms with van der Waals surface area (Å²) in [5.74, 6) is 1.17. The van der Waals surface area contributed by atoms with Crippen molar-refractivity contribution >= 4 is 57.3 Å². The lowest BCUT2D eigenvalue weighted by Crippen LogP contribution is -2.15. The molecule has 2 heterocycles. The fourth-order valence-electron chi connectivity index (χ4n) is 3.47. The average Bonchev–Trinajstić information content (AvgIpc) is 3.48. The van der Waals surface area contributed by atoms with Crippen LogP contribution >= 0.6 is 46.3 Å². The predicted octanol–water partition coefficient (Wildman–Crippen LogP) is 7.22. The summed E-state index contributed by atoms with van der Waals surface area (Å²) in [5.41, 5.74) is 4.32. The molecule has 188 valence electrons. The van der Waals surface area contributed by atoms with Crippen molar-refractivity contribution in [3.8, 4) is 17.0 Å². The van der Waals surface area contributed by atoms with Crippen molar-refractivity contribution < 1.29 is 9.53 Å². The Bertz CT molecular complexity index is 1390. The number of halogens is 2. The van der Waals surface area contributed by atoms with Crippen LogP contribution in [0, 0.1) is 13.8 Å². The minimum Gasteiger partial charge on any atom is -0.481 e. The first kappa shape index (κ1) is 26.5. The molecule has 2 aromatic heterocycles. The predicted molar refractivity (Wildman–Crippen MR) is 148 cm³/mol. The van der Waals surface area contributed by atoms with Gasteiger partial charge in [-0.15, -0.1) is 21.5 Å². The summed E-state index contributed by atoms with van der Waals surface area (Å²) >= 11 is 14.9. The Kier molecular flexibility index (Phi) is 8.56. The number of carbonyl (C=O) groups excluding carboxylic acids is 1. The molecule has 1 N–H and O–H groups in total. The SMILES string of the molecule is CCn1c(SCC(=O)Nc2nc(-c3ccc(C)c(C)c3)cs2)nnc1C(C)Oc1ccc(Cl)cc1Cl. The van der Waals surface area contributed by atoms with Gasteiger partial charge in [0.1, 0.15) is 5.75 Å². The summed E-state index contributed by atoms with van der Waals surface area (Å²) in [6.07, 6.45) is -0.404. The molecular formula is C25H25Cl2N5O2S2. The van der Waals surface area contributed by atoms with E-state index >= 15 is 0 Å². The lowest BCUT2D eigenvalue weighted by Gasteiger charge is -2.16. The second kappa shape index (κ2) is 11.6. The maximum Gasteiger partial charge on any atom is 0.236 e. The number of benzene rings is 2. The van der Waals surface area contributed by atoms with Crippen molar-refractivity contribution in [2.45, 2.75) is 45.5 Å². The van der Waals surface area contributed by atoms with E-state index in [4.69, 9.17) is 27.9 Å². The van der Waals surface area contributed by atoms with E-state index in [1.807, 2.05) is 29.9 Å². The van der Waals surface area contributed by atoms with Crippen LogP contribution < -0.4 is 10.1 Å². The van der Waals surface area contributed by atoms with Gasteiger partial charge in [0.05, 0.1) is 16.5 Å². The number of carbonyl (C=O) groups is 1. The average molecular weight is 563 g/mol. The molecule has 0 aliphatic carbocycles. The Morgan fingerprint density at radius 3 is 2.69 bits per heavy atom. The zero-order valence-electron chi connectivity index (χ0n) is 20.2. The first-order valence-electron chi connectivity index (χ1n) is 11.3. The molecular weight excluding hydrogens is 537 g/mol. The summed E-state index contributed by atoms with van der Waals surface area (Å²) in [6, 6.07) is 11.3. The van der Waals surface area contributed by atoms with Crippen LogP contribution in [-0.4, -0.2) is 31.4 Å². The molecule has 0 aliphatic heterocycles. The van der Waals surface area contributed by atoms with Gasteiger partial charge in [0.15, 0.2) is 22.2 Å². The largest absolute Gasteiger partial charge is 0.481 e. The molecule has 2 aromatic carbocycles. The number of ether oxygens (including phenoxy) is 1. The summed E-state index contributed by atoms with van der Waals surface area (Å²) in [7, 11) is 0. The summed E-state index contributed by atoms with van der Waals surface area (Å²) in [6.45, 7) is 8.64. The lowest BCUT2D eigenvalue weighted by molar-refractivity contribution is -0.113. The first-order chi connectivity index (χ1) is 17.2. The van der Waals surface area contributed by atoms with Gasteiger partial charge in [-0.2, -0.15) is 0 Å². The Labute approximate surface area is 228 Å². The Morgan fingerprint density at radius 2 is 1.97 bits per heavy atom. The van der Waals surface area contributed by atoms with Crippen molar-refractivity contribution in [1.29, 1.82) is 0 Å². The zero-order chi connectivity index (χ0) is 25.8. The molecule has 0 saturated carbocycles. The van der Waals surface area contributed by atoms with E-state index in [1.165, 1.54) is 34.2 Å². The smallest absolute Gasteiger partial charge is 0.236 e. The highest BCUT2D eigenvalue weighted by Crippen LogP contribution is 2.32. The van der Waals surface area contributed by atoms with Gasteiger partial charge in [-0.1, -0.05) is 47.1 Å². The number of rotatable bonds is 9. The zero-order valence-corrected chi connectivity index (χ0v) is 23.4. The second-order valence-electron chi connectivity index (χ2n) is 8.09. The van der Waals surface area contributed by atoms with Gasteiger partial charge in [0.2, 0.25) is 5.91 Å². The quantitative estimate of drug-likeness (QED) is 0.217. The van der Waals surface area contributed by atoms with Gasteiger partial charge in [-0.25, -0.2) is 4.98 Å². The van der Waals surface area contributed by atoms with Crippen LogP contribution in [0.5, 0.6) is 5.75 Å². The van der Waals surface area contributed by atoms with Crippen molar-refractivity contribution in [3.05, 3.63) is 68.8 Å². The third kappa shape index (κ3) is 6.21. The molecule has 0 saturated heterocycles. The van der Waals surface area contributed by atoms with Crippen LogP contribution in [0.1, 0.15) is 36.9 Å². The number of aromatic nitrogens is 4. The maximum atomic E-state index is 12.6. The fourth-order valence-corrected chi connectivity index (χ4v) is 5.47. The van der Waals surface area contributed by atoms with Crippen LogP contribution in [0.15, 0.2) is 46.9 Å². The van der Waals surface area contributed by atoms with Crippen LogP contribution in [0.3, 0.4) is 0 Å². The van der Waals surface area contributed by atoms with E-state index in [1.54, 1.807) is 18.2 Å². The van der Waals surface area contributed by atoms with Gasteiger partial charge in [0.25, 0.3) is 0 Å². The summed E-state index contributed by atoms with van der Waals surface area (Å²) < 4.78 is 7.91. The number of thioether (sulfide) groups is 1. The van der Waals surface area contributed by atoms with Crippen molar-refractivity contribution in [2.75, 3.05) is 11.1 Å². The van der Waals surface area contributed by atoms with Crippen molar-refractivity contribution in [2.24, 2.45) is 0 Å². The van der Waals surface area contributed by atoms with Gasteiger partial charge < -0.3 is 14.6 Å². The highest BCUT2D eigenvalue weighted by Gasteiger charge is 2.20. The number of aryl methyl sites for hydroxylation is 2. The molecule has 36 heavy (non-hydrogen) atoms. The van der Waals surface area contributed by atoms with Crippen LogP contribution in [0.4, 0.5) is 5.13 Å². The maximum absolute atomic E-state index is 12.6. The Balaban J connectivity index is 1.37. The van der Waals surface area contributed by atoms with E-state index in [9.17, 15) is 4.79 Å². The fraction of sp³-hybridized carbons (Fsp3) is 0.280. The van der Waals surface area contributed by atoms with Crippen LogP contribution in [0.2, 0.25) is 10.0 Å². The third-order valence-electron chi connectivity index (χ3n) is 5.51. The van der Waals surface area contributed by atoms with Crippen molar-refractivity contribution in [1.82, 2.24) is 19.7 Å². The lowest BCUT2D eigenvalue weighted by atomic mass is 10.1. The summed E-state index contributed by atoms with van der Waals surface area (Å²) in [5, 5.41) is 15.6. The molecule has 0 radical (unpaired) electrons. The van der Waals surface area contributed by atoms with E-state index < -0.39 is 6.10 Å². The third-order valence-corrected chi connectivity index (χ3v) is 7.76. The standard InChI is InChI=1S/C25H25Cl2N5O2S2/c1-5-32-23(16(4)34-21-9-8-18(26)11-19(21)27)30-31-25(32)36-13-22(33)29-24-28-20(12-35-24)17-7-6-14(2)15(3)10-17/h6-12,16H,5,13H2,1-4H3,(H,28,29,33). The molecule has 1 atom stereocenters. The number of hydrogen-bond donors (Lipinski definition) is 1. The molecule has 0 fully saturated rings. The van der Waals surface area contributed by atoms with E-state index in [2.05, 4.69) is 46.5 Å². The summed E-state index contributed by atoms with van der Waals surface area (Å²) in [4.78, 5) is 17.2. The molecule has 4 aromatic rings. The molecule has 11 heteroatoms. The molecule has 0 aliphatic rings. The second-order valence-corrected chi connectivity index (χ2v) is 10.7. The molecule has 1 amide bonds. The number of hydrogen-bond acceptors (Lipinski definition) is 7. The number of nitrogens with zero attached hydrogens (tertiary/aromatic N) is 4. The monoisotopic (exact) mass is 561 g/mol. The van der Waals surface area contributed by atoms with E-state index in [0.717, 1.165) is 11.3 Å². The highest BCUT2D eigenvalue weighted by atomic mass is 35.5. The van der Waals surface area contributed by atoms with E-state index in [-0.39, 0.29) is 11.7 Å². The normalized spacial score (nSPS) is 11.9. The van der Waals surface area contributed by atoms with Crippen molar-refractivity contribution in [3.63, 3.8) is 0 Å². The number of thiazole rings is 1. The van der Waals surface area contributed by atoms with Crippen LogP contribution in [0.25, 0.3) is 11.3 Å². The van der Waals surface area contributed by atoms with E-state index in [0.29, 0.717) is 38.5 Å². The molecule has 4 rings (SSSR count). The van der Waals surface area contributed by atoms with Gasteiger partial charge in [0, 0.05) is 22.5 Å². The number of nitrogens with one attached hydrogen (secondary N) is 1. The molecule has 7 nitrogen and oxygen atoms in total.